The second kappa shape index (κ2) is 5.61. The quantitative estimate of drug-likeness (QED) is 0.681. The number of aryl methyl sites for hydroxylation is 1. The fraction of sp³-hybridized carbons (Fsp3) is 0.200. The van der Waals surface area contributed by atoms with E-state index in [0.717, 1.165) is 18.5 Å². The third kappa shape index (κ3) is 2.42. The van der Waals surface area contributed by atoms with E-state index in [1.165, 1.54) is 10.8 Å². The molecule has 0 N–H and O–H groups in total. The van der Waals surface area contributed by atoms with Gasteiger partial charge in [0.2, 0.25) is 0 Å². The van der Waals surface area contributed by atoms with Gasteiger partial charge in [0.25, 0.3) is 5.95 Å². The van der Waals surface area contributed by atoms with Crippen molar-refractivity contribution in [3.8, 4) is 0 Å². The molecule has 1 aromatic heterocycles. The summed E-state index contributed by atoms with van der Waals surface area (Å²) in [6.07, 6.45) is 2.79. The molecule has 3 rings (SSSR count). The number of aromatic nitrogens is 4. The Morgan fingerprint density at radius 3 is 2.90 bits per heavy atom. The summed E-state index contributed by atoms with van der Waals surface area (Å²) in [6.45, 7) is 2.86. The maximum Gasteiger partial charge on any atom is 0.269 e. The molecule has 0 spiro atoms. The van der Waals surface area contributed by atoms with Crippen LogP contribution in [0.5, 0.6) is 0 Å². The van der Waals surface area contributed by atoms with E-state index in [-0.39, 0.29) is 0 Å². The van der Waals surface area contributed by atoms with Gasteiger partial charge in [0.1, 0.15) is 0 Å². The van der Waals surface area contributed by atoms with Gasteiger partial charge >= 0.3 is 0 Å². The third-order valence-corrected chi connectivity index (χ3v) is 3.09. The fourth-order valence-electron chi connectivity index (χ4n) is 2.14. The van der Waals surface area contributed by atoms with Crippen molar-refractivity contribution < 1.29 is 0 Å². The number of rotatable bonds is 4. The molecule has 0 saturated heterocycles. The maximum atomic E-state index is 4.41. The van der Waals surface area contributed by atoms with Crippen LogP contribution in [0, 0.1) is 0 Å². The minimum absolute atomic E-state index is 0.541. The van der Waals surface area contributed by atoms with Crippen LogP contribution in [-0.4, -0.2) is 26.4 Å². The molecule has 5 nitrogen and oxygen atoms in total. The molecule has 0 amide bonds. The van der Waals surface area contributed by atoms with Crippen molar-refractivity contribution in [1.29, 1.82) is 0 Å². The molecule has 0 aliphatic carbocycles. The van der Waals surface area contributed by atoms with Crippen LogP contribution in [0.2, 0.25) is 0 Å². The van der Waals surface area contributed by atoms with Crippen molar-refractivity contribution in [2.75, 3.05) is 0 Å². The monoisotopic (exact) mass is 265 g/mol. The highest BCUT2D eigenvalue weighted by Gasteiger charge is 2.02. The standard InChI is InChI=1S/C15H15N5/c1-2-10-20-15(17-18-19-20)16-11-13-8-5-7-12-6-3-4-9-14(12)13/h3-9,11H,2,10H2,1H3. The highest BCUT2D eigenvalue weighted by Crippen LogP contribution is 2.17. The molecule has 0 aliphatic heterocycles. The van der Waals surface area contributed by atoms with Gasteiger partial charge in [-0.3, -0.25) is 0 Å². The van der Waals surface area contributed by atoms with Crippen molar-refractivity contribution >= 4 is 22.9 Å². The maximum absolute atomic E-state index is 4.41. The second-order valence-corrected chi connectivity index (χ2v) is 4.53. The molecule has 3 aromatic rings. The summed E-state index contributed by atoms with van der Waals surface area (Å²) in [7, 11) is 0. The van der Waals surface area contributed by atoms with Crippen LogP contribution in [0.1, 0.15) is 18.9 Å². The van der Waals surface area contributed by atoms with Crippen molar-refractivity contribution in [2.45, 2.75) is 19.9 Å². The predicted molar refractivity (Wildman–Crippen MR) is 79.3 cm³/mol. The van der Waals surface area contributed by atoms with Crippen molar-refractivity contribution in [1.82, 2.24) is 20.2 Å². The lowest BCUT2D eigenvalue weighted by molar-refractivity contribution is 0.582. The van der Waals surface area contributed by atoms with E-state index in [0.29, 0.717) is 5.95 Å². The first-order valence-corrected chi connectivity index (χ1v) is 6.66. The Kier molecular flexibility index (Phi) is 3.50. The Morgan fingerprint density at radius 2 is 2.00 bits per heavy atom. The lowest BCUT2D eigenvalue weighted by Gasteiger charge is -2.01. The zero-order valence-corrected chi connectivity index (χ0v) is 11.3. The number of hydrogen-bond donors (Lipinski definition) is 0. The lowest BCUT2D eigenvalue weighted by atomic mass is 10.1. The summed E-state index contributed by atoms with van der Waals surface area (Å²) in [5, 5.41) is 13.9. The molecule has 0 aliphatic rings. The number of aliphatic imine (C=N–C) groups is 1. The van der Waals surface area contributed by atoms with Gasteiger partial charge in [-0.05, 0) is 27.6 Å². The Labute approximate surface area is 117 Å². The van der Waals surface area contributed by atoms with Gasteiger partial charge in [-0.15, -0.1) is 0 Å². The number of hydrogen-bond acceptors (Lipinski definition) is 4. The van der Waals surface area contributed by atoms with E-state index in [9.17, 15) is 0 Å². The average molecular weight is 265 g/mol. The minimum Gasteiger partial charge on any atom is -0.218 e. The van der Waals surface area contributed by atoms with Crippen LogP contribution >= 0.6 is 0 Å². The summed E-state index contributed by atoms with van der Waals surface area (Å²) < 4.78 is 1.71. The summed E-state index contributed by atoms with van der Waals surface area (Å²) >= 11 is 0. The van der Waals surface area contributed by atoms with Gasteiger partial charge in [0, 0.05) is 18.3 Å². The Bertz CT molecular complexity index is 739. The van der Waals surface area contributed by atoms with E-state index in [4.69, 9.17) is 0 Å². The van der Waals surface area contributed by atoms with Crippen LogP contribution in [-0.2, 0) is 6.54 Å². The van der Waals surface area contributed by atoms with Gasteiger partial charge in [0.05, 0.1) is 0 Å². The van der Waals surface area contributed by atoms with Crippen LogP contribution in [0.15, 0.2) is 47.5 Å². The molecule has 0 fully saturated rings. The first-order valence-electron chi connectivity index (χ1n) is 6.66. The van der Waals surface area contributed by atoms with Crippen LogP contribution in [0.25, 0.3) is 10.8 Å². The Balaban J connectivity index is 1.96. The predicted octanol–water partition coefficient (Wildman–Crippen LogP) is 2.99. The molecule has 20 heavy (non-hydrogen) atoms. The molecule has 5 heteroatoms. The third-order valence-electron chi connectivity index (χ3n) is 3.09. The van der Waals surface area contributed by atoms with E-state index in [1.807, 2.05) is 30.5 Å². The zero-order chi connectivity index (χ0) is 13.8. The summed E-state index contributed by atoms with van der Waals surface area (Å²) in [4.78, 5) is 4.41. The molecular weight excluding hydrogens is 250 g/mol. The van der Waals surface area contributed by atoms with Gasteiger partial charge in [-0.1, -0.05) is 54.5 Å². The highest BCUT2D eigenvalue weighted by atomic mass is 15.6. The second-order valence-electron chi connectivity index (χ2n) is 4.53. The lowest BCUT2D eigenvalue weighted by Crippen LogP contribution is -1.98. The molecular formula is C15H15N5. The van der Waals surface area contributed by atoms with E-state index in [2.05, 4.69) is 45.6 Å². The van der Waals surface area contributed by atoms with Crippen LogP contribution in [0.4, 0.5) is 5.95 Å². The van der Waals surface area contributed by atoms with Crippen LogP contribution in [0.3, 0.4) is 0 Å². The SMILES string of the molecule is CCCn1nnnc1N=Cc1cccc2ccccc12. The smallest absolute Gasteiger partial charge is 0.218 e. The van der Waals surface area contributed by atoms with Gasteiger partial charge in [-0.2, -0.15) is 0 Å². The number of fused-ring (bicyclic) bond motifs is 1. The Morgan fingerprint density at radius 1 is 1.15 bits per heavy atom. The number of tetrazole rings is 1. The topological polar surface area (TPSA) is 56.0 Å². The molecule has 0 bridgehead atoms. The molecule has 100 valence electrons. The minimum atomic E-state index is 0.541. The van der Waals surface area contributed by atoms with E-state index in [1.54, 1.807) is 4.68 Å². The molecule has 0 radical (unpaired) electrons. The van der Waals surface area contributed by atoms with Gasteiger partial charge in [0.15, 0.2) is 0 Å². The Hall–Kier alpha value is -2.56. The molecule has 0 atom stereocenters. The molecule has 2 aromatic carbocycles. The molecule has 0 unspecified atom stereocenters. The van der Waals surface area contributed by atoms with Crippen LogP contribution < -0.4 is 0 Å². The van der Waals surface area contributed by atoms with E-state index >= 15 is 0 Å². The summed E-state index contributed by atoms with van der Waals surface area (Å²) in [5.41, 5.74) is 1.06. The zero-order valence-electron chi connectivity index (χ0n) is 11.3. The van der Waals surface area contributed by atoms with Crippen molar-refractivity contribution in [3.63, 3.8) is 0 Å². The normalized spacial score (nSPS) is 11.4. The first-order chi connectivity index (χ1) is 9.88. The van der Waals surface area contributed by atoms with Crippen molar-refractivity contribution in [3.05, 3.63) is 48.0 Å². The van der Waals surface area contributed by atoms with Gasteiger partial charge in [-0.25, -0.2) is 9.67 Å². The first kappa shape index (κ1) is 12.5. The largest absolute Gasteiger partial charge is 0.269 e. The summed E-state index contributed by atoms with van der Waals surface area (Å²) in [5.74, 6) is 0.541. The van der Waals surface area contributed by atoms with E-state index < -0.39 is 0 Å². The molecule has 0 saturated carbocycles. The number of benzene rings is 2. The highest BCUT2D eigenvalue weighted by molar-refractivity contribution is 6.00. The average Bonchev–Trinajstić information content (AvgIpc) is 2.93. The molecule has 1 heterocycles. The van der Waals surface area contributed by atoms with Gasteiger partial charge < -0.3 is 0 Å². The van der Waals surface area contributed by atoms with Crippen molar-refractivity contribution in [2.24, 2.45) is 4.99 Å². The summed E-state index contributed by atoms with van der Waals surface area (Å²) in [6, 6.07) is 14.4. The fourth-order valence-corrected chi connectivity index (χ4v) is 2.14. The number of nitrogens with zero attached hydrogens (tertiary/aromatic N) is 5.